The van der Waals surface area contributed by atoms with E-state index >= 15 is 0 Å². The number of nitrogens with two attached hydrogens (primary N) is 1. The lowest BCUT2D eigenvalue weighted by atomic mass is 10.1. The molecule has 3 rings (SSSR count). The molecule has 4 heteroatoms. The zero-order chi connectivity index (χ0) is 13.2. The van der Waals surface area contributed by atoms with E-state index in [1.165, 1.54) is 10.9 Å². The number of pyridine rings is 1. The Kier molecular flexibility index (Phi) is 3.23. The molecule has 1 aromatic carbocycles. The molecule has 0 fully saturated rings. The maximum Gasteiger partial charge on any atom is 0.0639 e. The Balaban J connectivity index is 2.05. The minimum Gasteiger partial charge on any atom is -0.343 e. The number of hydrogen-bond acceptors (Lipinski definition) is 2. The number of nitrogens with zero attached hydrogens (tertiary/aromatic N) is 2. The minimum atomic E-state index is 0.553. The Hall–Kier alpha value is -1.84. The summed E-state index contributed by atoms with van der Waals surface area (Å²) in [6.07, 6.45) is 5.51. The molecule has 0 aliphatic rings. The molecular weight excluding hydrogens is 258 g/mol. The largest absolute Gasteiger partial charge is 0.343 e. The van der Waals surface area contributed by atoms with Crippen LogP contribution in [0.5, 0.6) is 0 Å². The molecule has 3 nitrogen and oxygen atoms in total. The molecule has 0 aliphatic carbocycles. The smallest absolute Gasteiger partial charge is 0.0639 e. The molecule has 3 aromatic rings. The summed E-state index contributed by atoms with van der Waals surface area (Å²) in [6.45, 7) is 1.29. The van der Waals surface area contributed by atoms with Gasteiger partial charge in [0, 0.05) is 42.6 Å². The molecule has 0 aliphatic heterocycles. The van der Waals surface area contributed by atoms with E-state index in [4.69, 9.17) is 17.3 Å². The van der Waals surface area contributed by atoms with Crippen molar-refractivity contribution in [1.82, 2.24) is 9.55 Å². The predicted octanol–water partition coefficient (Wildman–Crippen LogP) is 3.20. The average molecular weight is 272 g/mol. The van der Waals surface area contributed by atoms with Gasteiger partial charge in [0.1, 0.15) is 0 Å². The molecule has 0 amide bonds. The highest BCUT2D eigenvalue weighted by Crippen LogP contribution is 2.22. The zero-order valence-electron chi connectivity index (χ0n) is 10.4. The van der Waals surface area contributed by atoms with Crippen LogP contribution in [0.25, 0.3) is 10.9 Å². The summed E-state index contributed by atoms with van der Waals surface area (Å²) in [5.74, 6) is 0. The van der Waals surface area contributed by atoms with Crippen molar-refractivity contribution in [3.05, 3.63) is 65.1 Å². The number of rotatable bonds is 3. The topological polar surface area (TPSA) is 43.8 Å². The monoisotopic (exact) mass is 271 g/mol. The summed E-state index contributed by atoms with van der Waals surface area (Å²) in [5, 5.41) is 1.90. The molecule has 0 spiro atoms. The van der Waals surface area contributed by atoms with Gasteiger partial charge in [0.05, 0.1) is 5.02 Å². The lowest BCUT2D eigenvalue weighted by Crippen LogP contribution is -2.00. The van der Waals surface area contributed by atoms with Crippen LogP contribution < -0.4 is 5.73 Å². The molecule has 0 atom stereocenters. The second-order valence-electron chi connectivity index (χ2n) is 4.46. The number of benzene rings is 1. The summed E-state index contributed by atoms with van der Waals surface area (Å²) in [4.78, 5) is 4.01. The van der Waals surface area contributed by atoms with Crippen molar-refractivity contribution in [3.8, 4) is 0 Å². The fraction of sp³-hybridized carbons (Fsp3) is 0.133. The van der Waals surface area contributed by atoms with Gasteiger partial charge in [0.15, 0.2) is 0 Å². The van der Waals surface area contributed by atoms with Crippen molar-refractivity contribution in [2.75, 3.05) is 0 Å². The third kappa shape index (κ3) is 2.23. The van der Waals surface area contributed by atoms with Crippen molar-refractivity contribution in [1.29, 1.82) is 0 Å². The van der Waals surface area contributed by atoms with E-state index < -0.39 is 0 Å². The Morgan fingerprint density at radius 3 is 2.84 bits per heavy atom. The Morgan fingerprint density at radius 2 is 2.05 bits per heavy atom. The van der Waals surface area contributed by atoms with Crippen molar-refractivity contribution in [2.45, 2.75) is 13.1 Å². The summed E-state index contributed by atoms with van der Waals surface area (Å²) in [6, 6.07) is 10.2. The number of fused-ring (bicyclic) bond motifs is 1. The van der Waals surface area contributed by atoms with Gasteiger partial charge in [-0.1, -0.05) is 23.7 Å². The summed E-state index contributed by atoms with van der Waals surface area (Å²) >= 11 is 6.16. The second-order valence-corrected chi connectivity index (χ2v) is 4.87. The molecule has 2 heterocycles. The molecular formula is C15H14ClN3. The fourth-order valence-electron chi connectivity index (χ4n) is 2.32. The Labute approximate surface area is 116 Å². The van der Waals surface area contributed by atoms with E-state index in [2.05, 4.69) is 33.9 Å². The van der Waals surface area contributed by atoms with Crippen LogP contribution in [-0.4, -0.2) is 9.55 Å². The molecule has 96 valence electrons. The van der Waals surface area contributed by atoms with Crippen LogP contribution in [-0.2, 0) is 13.1 Å². The van der Waals surface area contributed by atoms with Crippen LogP contribution >= 0.6 is 11.6 Å². The van der Waals surface area contributed by atoms with E-state index in [9.17, 15) is 0 Å². The van der Waals surface area contributed by atoms with E-state index in [0.29, 0.717) is 11.6 Å². The average Bonchev–Trinajstić information content (AvgIpc) is 2.84. The van der Waals surface area contributed by atoms with Gasteiger partial charge in [-0.15, -0.1) is 0 Å². The third-order valence-corrected chi connectivity index (χ3v) is 3.66. The number of aromatic nitrogens is 2. The maximum atomic E-state index is 6.16. The first-order valence-corrected chi connectivity index (χ1v) is 6.52. The van der Waals surface area contributed by atoms with Crippen LogP contribution in [0.15, 0.2) is 48.9 Å². The molecule has 2 aromatic heterocycles. The van der Waals surface area contributed by atoms with Gasteiger partial charge in [-0.25, -0.2) is 0 Å². The second kappa shape index (κ2) is 5.03. The molecule has 0 unspecified atom stereocenters. The molecule has 2 N–H and O–H groups in total. The lowest BCUT2D eigenvalue weighted by Gasteiger charge is -2.08. The highest BCUT2D eigenvalue weighted by molar-refractivity contribution is 6.31. The van der Waals surface area contributed by atoms with Gasteiger partial charge >= 0.3 is 0 Å². The first-order valence-electron chi connectivity index (χ1n) is 6.15. The third-order valence-electron chi connectivity index (χ3n) is 3.32. The van der Waals surface area contributed by atoms with Crippen LogP contribution in [0.4, 0.5) is 0 Å². The van der Waals surface area contributed by atoms with Crippen molar-refractivity contribution >= 4 is 22.5 Å². The minimum absolute atomic E-state index is 0.553. The van der Waals surface area contributed by atoms with Gasteiger partial charge in [-0.2, -0.15) is 0 Å². The van der Waals surface area contributed by atoms with Crippen molar-refractivity contribution in [2.24, 2.45) is 5.73 Å². The van der Waals surface area contributed by atoms with E-state index in [1.807, 2.05) is 12.1 Å². The zero-order valence-corrected chi connectivity index (χ0v) is 11.1. The van der Waals surface area contributed by atoms with Gasteiger partial charge in [-0.05, 0) is 29.3 Å². The summed E-state index contributed by atoms with van der Waals surface area (Å²) in [7, 11) is 0. The molecule has 19 heavy (non-hydrogen) atoms. The van der Waals surface area contributed by atoms with Crippen LogP contribution in [0.3, 0.4) is 0 Å². The Bertz CT molecular complexity index is 718. The number of hydrogen-bond donors (Lipinski definition) is 1. The molecule has 0 saturated heterocycles. The fourth-order valence-corrected chi connectivity index (χ4v) is 2.50. The molecule has 0 bridgehead atoms. The highest BCUT2D eigenvalue weighted by atomic mass is 35.5. The number of halogens is 1. The highest BCUT2D eigenvalue weighted by Gasteiger charge is 2.06. The van der Waals surface area contributed by atoms with Crippen molar-refractivity contribution < 1.29 is 0 Å². The molecule has 0 saturated carbocycles. The quantitative estimate of drug-likeness (QED) is 0.795. The standard InChI is InChI=1S/C15H14ClN3/c16-14-9-18-6-4-12(14)10-19-7-5-13-11(8-17)2-1-3-15(13)19/h1-7,9H,8,10,17H2. The van der Waals surface area contributed by atoms with Crippen molar-refractivity contribution in [3.63, 3.8) is 0 Å². The first-order chi connectivity index (χ1) is 9.29. The Morgan fingerprint density at radius 1 is 1.16 bits per heavy atom. The van der Waals surface area contributed by atoms with E-state index in [1.54, 1.807) is 12.4 Å². The van der Waals surface area contributed by atoms with Gasteiger partial charge in [-0.3, -0.25) is 4.98 Å². The van der Waals surface area contributed by atoms with Gasteiger partial charge in [0.2, 0.25) is 0 Å². The van der Waals surface area contributed by atoms with Crippen LogP contribution in [0.2, 0.25) is 5.02 Å². The molecule has 0 radical (unpaired) electrons. The van der Waals surface area contributed by atoms with E-state index in [0.717, 1.165) is 17.7 Å². The van der Waals surface area contributed by atoms with Crippen LogP contribution in [0.1, 0.15) is 11.1 Å². The normalized spacial score (nSPS) is 11.1. The maximum absolute atomic E-state index is 6.16. The SMILES string of the molecule is NCc1cccc2c1ccn2Cc1ccncc1Cl. The first kappa shape index (κ1) is 12.2. The summed E-state index contributed by atoms with van der Waals surface area (Å²) in [5.41, 5.74) is 9.17. The predicted molar refractivity (Wildman–Crippen MR) is 78.2 cm³/mol. The van der Waals surface area contributed by atoms with Gasteiger partial charge in [0.25, 0.3) is 0 Å². The van der Waals surface area contributed by atoms with Crippen LogP contribution in [0, 0.1) is 0 Å². The van der Waals surface area contributed by atoms with E-state index in [-0.39, 0.29) is 0 Å². The lowest BCUT2D eigenvalue weighted by molar-refractivity contribution is 0.834. The summed E-state index contributed by atoms with van der Waals surface area (Å²) < 4.78 is 2.18. The van der Waals surface area contributed by atoms with Gasteiger partial charge < -0.3 is 10.3 Å².